The van der Waals surface area contributed by atoms with Gasteiger partial charge in [-0.1, -0.05) is 27.2 Å². The van der Waals surface area contributed by atoms with Crippen molar-refractivity contribution in [2.24, 2.45) is 17.6 Å². The number of ether oxygens (including phenoxy) is 1. The molecule has 106 valence electrons. The number of nitrogens with two attached hydrogens (primary N) is 1. The van der Waals surface area contributed by atoms with E-state index >= 15 is 0 Å². The predicted molar refractivity (Wildman–Crippen MR) is 75.5 cm³/mol. The molecule has 0 aromatic carbocycles. The first-order valence-corrected chi connectivity index (χ1v) is 7.73. The molecule has 0 radical (unpaired) electrons. The molecule has 0 aromatic rings. The summed E-state index contributed by atoms with van der Waals surface area (Å²) in [5.41, 5.74) is 6.21. The van der Waals surface area contributed by atoms with Gasteiger partial charge in [0.15, 0.2) is 0 Å². The molecule has 2 rings (SSSR count). The molecule has 18 heavy (non-hydrogen) atoms. The van der Waals surface area contributed by atoms with Crippen LogP contribution in [0.3, 0.4) is 0 Å². The molecule has 0 saturated carbocycles. The summed E-state index contributed by atoms with van der Waals surface area (Å²) in [6.07, 6.45) is 5.26. The fourth-order valence-corrected chi connectivity index (χ4v) is 3.45. The molecule has 2 aliphatic rings. The monoisotopic (exact) mass is 254 g/mol. The minimum absolute atomic E-state index is 0.423. The van der Waals surface area contributed by atoms with Crippen molar-refractivity contribution >= 4 is 0 Å². The molecule has 2 fully saturated rings. The molecule has 3 nitrogen and oxygen atoms in total. The van der Waals surface area contributed by atoms with Crippen LogP contribution in [-0.4, -0.2) is 42.8 Å². The minimum atomic E-state index is 0.423. The Hall–Kier alpha value is -0.120. The van der Waals surface area contributed by atoms with Gasteiger partial charge in [-0.25, -0.2) is 0 Å². The molecule has 0 aliphatic carbocycles. The van der Waals surface area contributed by atoms with Crippen molar-refractivity contribution in [1.82, 2.24) is 4.90 Å². The molecule has 4 unspecified atom stereocenters. The minimum Gasteiger partial charge on any atom is -0.378 e. The molecular formula is C15H30N2O. The third-order valence-corrected chi connectivity index (χ3v) is 4.90. The van der Waals surface area contributed by atoms with Crippen molar-refractivity contribution in [1.29, 1.82) is 0 Å². The summed E-state index contributed by atoms with van der Waals surface area (Å²) < 4.78 is 5.88. The summed E-state index contributed by atoms with van der Waals surface area (Å²) in [7, 11) is 0. The average molecular weight is 254 g/mol. The van der Waals surface area contributed by atoms with Crippen molar-refractivity contribution < 1.29 is 4.74 Å². The van der Waals surface area contributed by atoms with Crippen LogP contribution < -0.4 is 5.73 Å². The van der Waals surface area contributed by atoms with E-state index in [0.717, 1.165) is 12.6 Å². The van der Waals surface area contributed by atoms with E-state index in [1.54, 1.807) is 0 Å². The van der Waals surface area contributed by atoms with Crippen LogP contribution in [0.5, 0.6) is 0 Å². The Labute approximate surface area is 112 Å². The highest BCUT2D eigenvalue weighted by atomic mass is 16.5. The smallest absolute Gasteiger partial charge is 0.0612 e. The molecule has 2 saturated heterocycles. The van der Waals surface area contributed by atoms with Crippen LogP contribution in [0, 0.1) is 11.8 Å². The fraction of sp³-hybridized carbons (Fsp3) is 1.00. The topological polar surface area (TPSA) is 38.5 Å². The van der Waals surface area contributed by atoms with Crippen molar-refractivity contribution in [3.05, 3.63) is 0 Å². The van der Waals surface area contributed by atoms with Crippen LogP contribution >= 0.6 is 0 Å². The van der Waals surface area contributed by atoms with Gasteiger partial charge in [0.05, 0.1) is 6.10 Å². The lowest BCUT2D eigenvalue weighted by molar-refractivity contribution is -0.0561. The zero-order valence-corrected chi connectivity index (χ0v) is 12.3. The quantitative estimate of drug-likeness (QED) is 0.839. The Bertz CT molecular complexity index is 253. The van der Waals surface area contributed by atoms with E-state index in [-0.39, 0.29) is 0 Å². The molecule has 0 amide bonds. The zero-order valence-electron chi connectivity index (χ0n) is 12.3. The number of likely N-dealkylation sites (tertiary alicyclic amines) is 1. The van der Waals surface area contributed by atoms with Crippen LogP contribution in [0.4, 0.5) is 0 Å². The standard InChI is InChI=1S/C15H30N2O/c1-4-12-10-17(7-5-14(12)16)13-6-8-18-15(9-13)11(2)3/h11-15H,4-10,16H2,1-3H3. The summed E-state index contributed by atoms with van der Waals surface area (Å²) in [6, 6.07) is 1.15. The van der Waals surface area contributed by atoms with Gasteiger partial charge in [0.2, 0.25) is 0 Å². The van der Waals surface area contributed by atoms with Gasteiger partial charge < -0.3 is 10.5 Å². The first-order valence-electron chi connectivity index (χ1n) is 7.73. The van der Waals surface area contributed by atoms with Gasteiger partial charge >= 0.3 is 0 Å². The molecular weight excluding hydrogens is 224 g/mol. The summed E-state index contributed by atoms with van der Waals surface area (Å²) in [5, 5.41) is 0. The van der Waals surface area contributed by atoms with Crippen LogP contribution in [0.2, 0.25) is 0 Å². The summed E-state index contributed by atoms with van der Waals surface area (Å²) in [4.78, 5) is 2.69. The second-order valence-electron chi connectivity index (χ2n) is 6.45. The number of piperidine rings is 1. The predicted octanol–water partition coefficient (Wildman–Crippen LogP) is 2.25. The lowest BCUT2D eigenvalue weighted by atomic mass is 9.87. The van der Waals surface area contributed by atoms with Gasteiger partial charge in [-0.3, -0.25) is 4.90 Å². The summed E-state index contributed by atoms with van der Waals surface area (Å²) >= 11 is 0. The van der Waals surface area contributed by atoms with E-state index in [4.69, 9.17) is 10.5 Å². The summed E-state index contributed by atoms with van der Waals surface area (Å²) in [6.45, 7) is 10.1. The summed E-state index contributed by atoms with van der Waals surface area (Å²) in [5.74, 6) is 1.33. The Morgan fingerprint density at radius 1 is 1.33 bits per heavy atom. The maximum absolute atomic E-state index is 6.21. The van der Waals surface area contributed by atoms with E-state index in [1.165, 1.54) is 38.8 Å². The largest absolute Gasteiger partial charge is 0.378 e. The normalized spacial score (nSPS) is 39.2. The number of hydrogen-bond donors (Lipinski definition) is 1. The third kappa shape index (κ3) is 3.25. The van der Waals surface area contributed by atoms with E-state index in [9.17, 15) is 0 Å². The highest BCUT2D eigenvalue weighted by Crippen LogP contribution is 2.28. The first kappa shape index (κ1) is 14.3. The molecule has 0 spiro atoms. The highest BCUT2D eigenvalue weighted by Gasteiger charge is 2.33. The Morgan fingerprint density at radius 2 is 2.11 bits per heavy atom. The maximum atomic E-state index is 6.21. The molecule has 0 aromatic heterocycles. The van der Waals surface area contributed by atoms with Gasteiger partial charge in [-0.05, 0) is 37.6 Å². The Morgan fingerprint density at radius 3 is 2.78 bits per heavy atom. The Kier molecular flexibility index (Phi) is 5.05. The highest BCUT2D eigenvalue weighted by molar-refractivity contribution is 4.88. The third-order valence-electron chi connectivity index (χ3n) is 4.90. The van der Waals surface area contributed by atoms with Gasteiger partial charge in [-0.15, -0.1) is 0 Å². The van der Waals surface area contributed by atoms with E-state index in [1.807, 2.05) is 0 Å². The van der Waals surface area contributed by atoms with Crippen molar-refractivity contribution in [2.45, 2.75) is 64.6 Å². The zero-order chi connectivity index (χ0) is 13.1. The van der Waals surface area contributed by atoms with Gasteiger partial charge in [0, 0.05) is 25.2 Å². The lowest BCUT2D eigenvalue weighted by Gasteiger charge is -2.44. The second-order valence-corrected chi connectivity index (χ2v) is 6.45. The second kappa shape index (κ2) is 6.36. The SMILES string of the molecule is CCC1CN(C2CCOC(C(C)C)C2)CCC1N. The lowest BCUT2D eigenvalue weighted by Crippen LogP contribution is -2.52. The van der Waals surface area contributed by atoms with Crippen molar-refractivity contribution in [3.63, 3.8) is 0 Å². The van der Waals surface area contributed by atoms with Gasteiger partial charge in [0.1, 0.15) is 0 Å². The van der Waals surface area contributed by atoms with E-state index in [0.29, 0.717) is 24.0 Å². The van der Waals surface area contributed by atoms with Gasteiger partial charge in [0.25, 0.3) is 0 Å². The van der Waals surface area contributed by atoms with Crippen LogP contribution in [0.1, 0.15) is 46.5 Å². The maximum Gasteiger partial charge on any atom is 0.0612 e. The van der Waals surface area contributed by atoms with Crippen LogP contribution in [0.15, 0.2) is 0 Å². The first-order chi connectivity index (χ1) is 8.61. The molecule has 2 N–H and O–H groups in total. The van der Waals surface area contributed by atoms with Crippen LogP contribution in [-0.2, 0) is 4.74 Å². The number of nitrogens with zero attached hydrogens (tertiary/aromatic N) is 1. The van der Waals surface area contributed by atoms with E-state index < -0.39 is 0 Å². The molecule has 3 heteroatoms. The number of rotatable bonds is 3. The van der Waals surface area contributed by atoms with Crippen LogP contribution in [0.25, 0.3) is 0 Å². The van der Waals surface area contributed by atoms with Crippen molar-refractivity contribution in [2.75, 3.05) is 19.7 Å². The molecule has 4 atom stereocenters. The van der Waals surface area contributed by atoms with Crippen molar-refractivity contribution in [3.8, 4) is 0 Å². The molecule has 2 aliphatic heterocycles. The van der Waals surface area contributed by atoms with Gasteiger partial charge in [-0.2, -0.15) is 0 Å². The molecule has 2 heterocycles. The average Bonchev–Trinajstić information content (AvgIpc) is 2.39. The van der Waals surface area contributed by atoms with E-state index in [2.05, 4.69) is 25.7 Å². The number of hydrogen-bond acceptors (Lipinski definition) is 3. The fourth-order valence-electron chi connectivity index (χ4n) is 3.45. The molecule has 0 bridgehead atoms. The Balaban J connectivity index is 1.90.